The smallest absolute Gasteiger partial charge is 0.451 e. The Morgan fingerprint density at radius 2 is 1.81 bits per heavy atom. The van der Waals surface area contributed by atoms with Crippen LogP contribution < -0.4 is 10.1 Å². The zero-order chi connectivity index (χ0) is 30.6. The highest BCUT2D eigenvalue weighted by Crippen LogP contribution is 2.34. The quantitative estimate of drug-likeness (QED) is 0.200. The molecule has 2 heterocycles. The van der Waals surface area contributed by atoms with Gasteiger partial charge in [-0.15, -0.1) is 0 Å². The molecule has 0 spiro atoms. The van der Waals surface area contributed by atoms with Crippen LogP contribution in [0.3, 0.4) is 0 Å². The summed E-state index contributed by atoms with van der Waals surface area (Å²) in [5.41, 5.74) is 0.474. The summed E-state index contributed by atoms with van der Waals surface area (Å²) < 4.78 is 5.80. The first-order valence-electron chi connectivity index (χ1n) is 13.5. The van der Waals surface area contributed by atoms with Gasteiger partial charge in [-0.25, -0.2) is 9.59 Å². The molecule has 5 N–H and O–H groups in total. The van der Waals surface area contributed by atoms with Crippen LogP contribution >= 0.6 is 0 Å². The zero-order valence-corrected chi connectivity index (χ0v) is 23.1. The highest BCUT2D eigenvalue weighted by Gasteiger charge is 2.39. The number of rotatable bonds is 10. The molecule has 1 atom stereocenters. The Kier molecular flexibility index (Phi) is 9.38. The molecule has 2 aliphatic rings. The SMILES string of the molecule is C=C1C(=O)N(C(=O)N[C@@H](C(=O)N2CC(Oc3ccc(CCB(O)O)c(O)c3C(=O)O)C2)c2ccccc2)CCN1CC. The molecule has 2 aromatic carbocycles. The van der Waals surface area contributed by atoms with Gasteiger partial charge in [0.2, 0.25) is 5.91 Å². The first-order valence-corrected chi connectivity index (χ1v) is 13.5. The van der Waals surface area contributed by atoms with Gasteiger partial charge in [0.25, 0.3) is 5.91 Å². The molecule has 0 saturated carbocycles. The maximum atomic E-state index is 13.5. The number of aromatic hydroxyl groups is 1. The number of hydrogen-bond acceptors (Lipinski definition) is 9. The lowest BCUT2D eigenvalue weighted by Gasteiger charge is -2.41. The van der Waals surface area contributed by atoms with E-state index in [1.165, 1.54) is 17.0 Å². The third-order valence-corrected chi connectivity index (χ3v) is 7.30. The van der Waals surface area contributed by atoms with Crippen LogP contribution in [0.5, 0.6) is 11.5 Å². The van der Waals surface area contributed by atoms with Crippen LogP contribution in [0, 0.1) is 0 Å². The zero-order valence-electron chi connectivity index (χ0n) is 23.1. The Bertz CT molecular complexity index is 1360. The molecule has 2 aliphatic heterocycles. The second kappa shape index (κ2) is 13.0. The second-order valence-corrected chi connectivity index (χ2v) is 10.0. The number of hydrogen-bond donors (Lipinski definition) is 5. The number of likely N-dealkylation sites (tertiary alicyclic amines) is 1. The molecule has 13 nitrogen and oxygen atoms in total. The highest BCUT2D eigenvalue weighted by molar-refractivity contribution is 6.41. The van der Waals surface area contributed by atoms with Crippen molar-refractivity contribution < 1.29 is 44.2 Å². The van der Waals surface area contributed by atoms with E-state index in [2.05, 4.69) is 11.9 Å². The maximum absolute atomic E-state index is 13.5. The van der Waals surface area contributed by atoms with Crippen molar-refractivity contribution in [2.75, 3.05) is 32.7 Å². The number of carboxylic acids is 1. The number of benzene rings is 2. The van der Waals surface area contributed by atoms with E-state index in [9.17, 15) is 29.4 Å². The Balaban J connectivity index is 1.44. The standard InChI is InChI=1S/C28H33BN4O9/c1-3-31-13-14-33(25(35)17(31)2)28(39)30-23(18-7-5-4-6-8-18)26(36)32-15-20(16-32)42-21-10-9-19(11-12-29(40)41)24(34)22(21)27(37)38/h4-10,20,23,34,40-41H,2-3,11-16H2,1H3,(H,30,39)(H,37,38)/t23-/m1/s1. The molecule has 222 valence electrons. The van der Waals surface area contributed by atoms with E-state index in [4.69, 9.17) is 14.8 Å². The van der Waals surface area contributed by atoms with Crippen LogP contribution in [0.15, 0.2) is 54.7 Å². The van der Waals surface area contributed by atoms with Crippen molar-refractivity contribution in [2.24, 2.45) is 0 Å². The molecule has 4 rings (SSSR count). The van der Waals surface area contributed by atoms with E-state index in [0.717, 1.165) is 4.90 Å². The van der Waals surface area contributed by atoms with Crippen molar-refractivity contribution in [1.29, 1.82) is 0 Å². The van der Waals surface area contributed by atoms with Gasteiger partial charge in [0, 0.05) is 19.6 Å². The number of imide groups is 1. The minimum atomic E-state index is -1.61. The van der Waals surface area contributed by atoms with Crippen LogP contribution in [-0.2, 0) is 16.0 Å². The summed E-state index contributed by atoms with van der Waals surface area (Å²) in [5.74, 6) is -3.02. The molecule has 0 bridgehead atoms. The number of phenols is 1. The van der Waals surface area contributed by atoms with Crippen molar-refractivity contribution in [1.82, 2.24) is 20.0 Å². The van der Waals surface area contributed by atoms with E-state index in [1.54, 1.807) is 35.2 Å². The number of urea groups is 1. The lowest BCUT2D eigenvalue weighted by molar-refractivity contribution is -0.142. The van der Waals surface area contributed by atoms with E-state index in [1.807, 2.05) is 6.92 Å². The van der Waals surface area contributed by atoms with E-state index in [-0.39, 0.29) is 49.4 Å². The number of likely N-dealkylation sites (N-methyl/N-ethyl adjacent to an activating group) is 1. The van der Waals surface area contributed by atoms with Gasteiger partial charge in [-0.05, 0) is 36.9 Å². The van der Waals surface area contributed by atoms with Crippen molar-refractivity contribution in [3.8, 4) is 11.5 Å². The van der Waals surface area contributed by atoms with E-state index < -0.39 is 54.4 Å². The predicted octanol–water partition coefficient (Wildman–Crippen LogP) is 0.824. The Labute approximate surface area is 242 Å². The minimum absolute atomic E-state index is 0.0381. The first-order chi connectivity index (χ1) is 20.0. The molecule has 2 saturated heterocycles. The topological polar surface area (TPSA) is 180 Å². The second-order valence-electron chi connectivity index (χ2n) is 10.0. The van der Waals surface area contributed by atoms with E-state index in [0.29, 0.717) is 18.7 Å². The number of piperazine rings is 1. The van der Waals surface area contributed by atoms with Gasteiger partial charge in [0.15, 0.2) is 0 Å². The number of aryl methyl sites for hydroxylation is 1. The largest absolute Gasteiger partial charge is 0.507 e. The fourth-order valence-corrected chi connectivity index (χ4v) is 4.89. The van der Waals surface area contributed by atoms with Gasteiger partial charge in [-0.2, -0.15) is 0 Å². The summed E-state index contributed by atoms with van der Waals surface area (Å²) in [4.78, 5) is 55.6. The van der Waals surface area contributed by atoms with Crippen LogP contribution in [0.2, 0.25) is 6.32 Å². The first kappa shape index (κ1) is 30.4. The molecule has 2 fully saturated rings. The average Bonchev–Trinajstić information content (AvgIpc) is 2.94. The number of carboxylic acid groups (broad SMARTS) is 1. The molecule has 0 unspecified atom stereocenters. The predicted molar refractivity (Wildman–Crippen MR) is 151 cm³/mol. The third-order valence-electron chi connectivity index (χ3n) is 7.30. The summed E-state index contributed by atoms with van der Waals surface area (Å²) in [5, 5.41) is 41.0. The van der Waals surface area contributed by atoms with Gasteiger partial charge < -0.3 is 40.1 Å². The molecule has 42 heavy (non-hydrogen) atoms. The van der Waals surface area contributed by atoms with Crippen molar-refractivity contribution in [2.45, 2.75) is 31.8 Å². The number of carbonyl (C=O) groups is 4. The Hall–Kier alpha value is -4.56. The van der Waals surface area contributed by atoms with Crippen LogP contribution in [0.4, 0.5) is 4.79 Å². The molecule has 4 amide bonds. The van der Waals surface area contributed by atoms with Crippen LogP contribution in [-0.4, -0.2) is 105 Å². The fraction of sp³-hybridized carbons (Fsp3) is 0.357. The van der Waals surface area contributed by atoms with Crippen molar-refractivity contribution in [3.05, 3.63) is 71.4 Å². The maximum Gasteiger partial charge on any atom is 0.451 e. The summed E-state index contributed by atoms with van der Waals surface area (Å²) in [6.07, 6.45) is -0.643. The van der Waals surface area contributed by atoms with Gasteiger partial charge in [0.1, 0.15) is 29.2 Å². The van der Waals surface area contributed by atoms with Gasteiger partial charge in [-0.3, -0.25) is 14.5 Å². The molecular weight excluding hydrogens is 547 g/mol. The number of nitrogens with one attached hydrogen (secondary N) is 1. The summed E-state index contributed by atoms with van der Waals surface area (Å²) in [7, 11) is -1.61. The van der Waals surface area contributed by atoms with Crippen molar-refractivity contribution >= 4 is 30.9 Å². The lowest BCUT2D eigenvalue weighted by Crippen LogP contribution is -2.60. The fourth-order valence-electron chi connectivity index (χ4n) is 4.89. The Morgan fingerprint density at radius 3 is 2.43 bits per heavy atom. The van der Waals surface area contributed by atoms with Crippen LogP contribution in [0.25, 0.3) is 0 Å². The van der Waals surface area contributed by atoms with Crippen LogP contribution in [0.1, 0.15) is 34.5 Å². The minimum Gasteiger partial charge on any atom is -0.507 e. The molecule has 0 aliphatic carbocycles. The van der Waals surface area contributed by atoms with E-state index >= 15 is 0 Å². The number of carbonyl (C=O) groups excluding carboxylic acids is 3. The summed E-state index contributed by atoms with van der Waals surface area (Å²) in [6, 6.07) is 9.60. The number of ether oxygens (including phenoxy) is 1. The average molecular weight is 580 g/mol. The monoisotopic (exact) mass is 580 g/mol. The number of aromatic carboxylic acids is 1. The number of nitrogens with zero attached hydrogens (tertiary/aromatic N) is 3. The van der Waals surface area contributed by atoms with Gasteiger partial charge in [-0.1, -0.05) is 43.0 Å². The third kappa shape index (κ3) is 6.50. The molecule has 0 radical (unpaired) electrons. The van der Waals surface area contributed by atoms with Gasteiger partial charge >= 0.3 is 19.1 Å². The highest BCUT2D eigenvalue weighted by atomic mass is 16.5. The lowest BCUT2D eigenvalue weighted by atomic mass is 9.82. The van der Waals surface area contributed by atoms with Crippen molar-refractivity contribution in [3.63, 3.8) is 0 Å². The summed E-state index contributed by atoms with van der Waals surface area (Å²) in [6.45, 7) is 6.99. The number of amides is 4. The summed E-state index contributed by atoms with van der Waals surface area (Å²) >= 11 is 0. The molecular formula is C28H33BN4O9. The van der Waals surface area contributed by atoms with Gasteiger partial charge in [0.05, 0.1) is 18.8 Å². The normalized spacial score (nSPS) is 16.1. The Morgan fingerprint density at radius 1 is 1.12 bits per heavy atom. The molecule has 14 heteroatoms. The molecule has 0 aromatic heterocycles. The molecule has 2 aromatic rings.